The Bertz CT molecular complexity index is 1280. The van der Waals surface area contributed by atoms with Gasteiger partial charge in [0.2, 0.25) is 5.95 Å². The number of hydrogen-bond acceptors (Lipinski definition) is 7. The van der Waals surface area contributed by atoms with E-state index in [9.17, 15) is 9.59 Å². The molecule has 3 heterocycles. The number of nitrogens with zero attached hydrogens (tertiary/aromatic N) is 4. The van der Waals surface area contributed by atoms with Gasteiger partial charge in [-0.1, -0.05) is 11.6 Å². The van der Waals surface area contributed by atoms with E-state index in [-0.39, 0.29) is 29.9 Å². The van der Waals surface area contributed by atoms with Gasteiger partial charge in [0.1, 0.15) is 5.02 Å². The molecule has 0 bridgehead atoms. The molecule has 1 saturated carbocycles. The van der Waals surface area contributed by atoms with E-state index >= 15 is 0 Å². The number of halogens is 1. The monoisotopic (exact) mass is 482 g/mol. The van der Waals surface area contributed by atoms with Crippen LogP contribution in [0.2, 0.25) is 5.02 Å². The number of anilines is 3. The molecule has 1 amide bonds. The van der Waals surface area contributed by atoms with Gasteiger partial charge in [0.15, 0.2) is 18.2 Å². The number of nitrogens with one attached hydrogen (secondary N) is 2. The van der Waals surface area contributed by atoms with Gasteiger partial charge in [-0.05, 0) is 56.4 Å². The Labute approximate surface area is 202 Å². The maximum absolute atomic E-state index is 13.0. The molecule has 5 rings (SSSR count). The van der Waals surface area contributed by atoms with Crippen LogP contribution in [0.4, 0.5) is 17.5 Å². The van der Waals surface area contributed by atoms with Gasteiger partial charge in [-0.25, -0.2) is 4.98 Å². The van der Waals surface area contributed by atoms with E-state index in [1.54, 1.807) is 16.8 Å². The van der Waals surface area contributed by atoms with Crippen molar-refractivity contribution >= 4 is 45.9 Å². The Kier molecular flexibility index (Phi) is 6.28. The van der Waals surface area contributed by atoms with Crippen LogP contribution in [-0.4, -0.2) is 47.2 Å². The van der Waals surface area contributed by atoms with Crippen molar-refractivity contribution in [2.75, 3.05) is 37.0 Å². The van der Waals surface area contributed by atoms with Crippen LogP contribution in [-0.2, 0) is 4.79 Å². The summed E-state index contributed by atoms with van der Waals surface area (Å²) in [6, 6.07) is 7.59. The van der Waals surface area contributed by atoms with Crippen molar-refractivity contribution in [1.82, 2.24) is 19.9 Å². The number of piperidine rings is 1. The van der Waals surface area contributed by atoms with Crippen LogP contribution < -0.4 is 25.8 Å². The summed E-state index contributed by atoms with van der Waals surface area (Å²) in [5.41, 5.74) is 1.38. The molecule has 1 aromatic carbocycles. The van der Waals surface area contributed by atoms with Gasteiger partial charge in [-0.2, -0.15) is 4.98 Å². The molecule has 2 aliphatic rings. The smallest absolute Gasteiger partial charge is 0.293 e. The van der Waals surface area contributed by atoms with E-state index in [0.29, 0.717) is 16.8 Å². The van der Waals surface area contributed by atoms with Crippen molar-refractivity contribution in [1.29, 1.82) is 0 Å². The summed E-state index contributed by atoms with van der Waals surface area (Å²) in [6.45, 7) is 1.67. The topological polar surface area (TPSA) is 101 Å². The third kappa shape index (κ3) is 4.65. The lowest BCUT2D eigenvalue weighted by atomic mass is 10.1. The number of ether oxygens (including phenoxy) is 1. The summed E-state index contributed by atoms with van der Waals surface area (Å²) in [7, 11) is 1.53. The summed E-state index contributed by atoms with van der Waals surface area (Å²) in [6.07, 6.45) is 7.01. The van der Waals surface area contributed by atoms with Gasteiger partial charge in [0, 0.05) is 37.3 Å². The first kappa shape index (κ1) is 22.5. The Morgan fingerprint density at radius 3 is 2.74 bits per heavy atom. The van der Waals surface area contributed by atoms with Crippen molar-refractivity contribution in [2.24, 2.45) is 0 Å². The Morgan fingerprint density at radius 1 is 1.21 bits per heavy atom. The van der Waals surface area contributed by atoms with E-state index in [2.05, 4.69) is 25.5 Å². The van der Waals surface area contributed by atoms with E-state index in [1.807, 2.05) is 18.2 Å². The van der Waals surface area contributed by atoms with Gasteiger partial charge < -0.3 is 24.8 Å². The Hall–Kier alpha value is -3.33. The highest BCUT2D eigenvalue weighted by Gasteiger charge is 2.28. The zero-order valence-electron chi connectivity index (χ0n) is 19.0. The normalized spacial score (nSPS) is 15.9. The third-order valence-electron chi connectivity index (χ3n) is 6.19. The molecule has 34 heavy (non-hydrogen) atoms. The number of carbonyl (C=O) groups excluding carboxylic acids is 1. The lowest BCUT2D eigenvalue weighted by Crippen LogP contribution is -2.31. The molecule has 3 aromatic rings. The molecular weight excluding hydrogens is 456 g/mol. The van der Waals surface area contributed by atoms with Crippen molar-refractivity contribution < 1.29 is 9.53 Å². The first-order valence-electron chi connectivity index (χ1n) is 11.6. The molecule has 1 aliphatic carbocycles. The summed E-state index contributed by atoms with van der Waals surface area (Å²) >= 11 is 6.40. The molecule has 0 atom stereocenters. The van der Waals surface area contributed by atoms with E-state index in [4.69, 9.17) is 16.3 Å². The highest BCUT2D eigenvalue weighted by atomic mass is 35.5. The maximum Gasteiger partial charge on any atom is 0.293 e. The first-order chi connectivity index (χ1) is 16.5. The summed E-state index contributed by atoms with van der Waals surface area (Å²) in [5.74, 6) is 1.06. The number of hydrogen-bond donors (Lipinski definition) is 2. The second-order valence-electron chi connectivity index (χ2n) is 8.69. The highest BCUT2D eigenvalue weighted by Crippen LogP contribution is 2.37. The second-order valence-corrected chi connectivity index (χ2v) is 9.10. The van der Waals surface area contributed by atoms with Crippen LogP contribution in [0.15, 0.2) is 35.3 Å². The highest BCUT2D eigenvalue weighted by molar-refractivity contribution is 6.32. The zero-order chi connectivity index (χ0) is 23.7. The van der Waals surface area contributed by atoms with Crippen LogP contribution in [0.25, 0.3) is 10.9 Å². The molecule has 178 valence electrons. The molecule has 1 saturated heterocycles. The Balaban J connectivity index is 1.47. The number of likely N-dealkylation sites (N-methyl/N-ethyl adjacent to an activating group) is 1. The molecule has 0 radical (unpaired) electrons. The van der Waals surface area contributed by atoms with Crippen LogP contribution in [0.5, 0.6) is 5.75 Å². The van der Waals surface area contributed by atoms with Crippen molar-refractivity contribution in [2.45, 2.75) is 38.1 Å². The lowest BCUT2D eigenvalue weighted by molar-refractivity contribution is -0.122. The standard InChI is InChI=1S/C24H27ClN6O3/c1-26-21(32)14-34-20-12-15-11-16(5-8-19(15)31(23(20)33)17-6-7-17)28-22-18(25)13-27-24(29-22)30-9-3-2-4-10-30/h5,8,11-13,17H,2-4,6-7,9-10,14H2,1H3,(H,26,32)(H,27,28,29). The van der Waals surface area contributed by atoms with Crippen molar-refractivity contribution in [3.05, 3.63) is 45.8 Å². The second kappa shape index (κ2) is 9.50. The molecule has 2 aromatic heterocycles. The fourth-order valence-corrected chi connectivity index (χ4v) is 4.38. The van der Waals surface area contributed by atoms with Crippen molar-refractivity contribution in [3.8, 4) is 5.75 Å². The molecule has 2 N–H and O–H groups in total. The van der Waals surface area contributed by atoms with Gasteiger partial charge in [-0.3, -0.25) is 9.59 Å². The average molecular weight is 483 g/mol. The number of amides is 1. The van der Waals surface area contributed by atoms with Gasteiger partial charge in [0.05, 0.1) is 11.7 Å². The SMILES string of the molecule is CNC(=O)COc1cc2cc(Nc3nc(N4CCCCC4)ncc3Cl)ccc2n(C2CC2)c1=O. The van der Waals surface area contributed by atoms with Crippen LogP contribution in [0.1, 0.15) is 38.1 Å². The molecule has 10 heteroatoms. The van der Waals surface area contributed by atoms with Gasteiger partial charge in [0.25, 0.3) is 11.5 Å². The van der Waals surface area contributed by atoms with Crippen molar-refractivity contribution in [3.63, 3.8) is 0 Å². The summed E-state index contributed by atoms with van der Waals surface area (Å²) < 4.78 is 7.33. The number of fused-ring (bicyclic) bond motifs is 1. The number of carbonyl (C=O) groups is 1. The minimum absolute atomic E-state index is 0.153. The van der Waals surface area contributed by atoms with Gasteiger partial charge >= 0.3 is 0 Å². The average Bonchev–Trinajstić information content (AvgIpc) is 3.69. The molecule has 0 unspecified atom stereocenters. The van der Waals surface area contributed by atoms with Gasteiger partial charge in [-0.15, -0.1) is 0 Å². The largest absolute Gasteiger partial charge is 0.478 e. The predicted octanol–water partition coefficient (Wildman–Crippen LogP) is 3.64. The lowest BCUT2D eigenvalue weighted by Gasteiger charge is -2.26. The van der Waals surface area contributed by atoms with E-state index < -0.39 is 0 Å². The molecule has 1 aliphatic heterocycles. The van der Waals surface area contributed by atoms with Crippen LogP contribution in [0, 0.1) is 0 Å². The molecule has 9 nitrogen and oxygen atoms in total. The maximum atomic E-state index is 13.0. The van der Waals surface area contributed by atoms with Crippen LogP contribution in [0.3, 0.4) is 0 Å². The number of benzene rings is 1. The summed E-state index contributed by atoms with van der Waals surface area (Å²) in [4.78, 5) is 35.9. The van der Waals surface area contributed by atoms with E-state index in [1.165, 1.54) is 13.5 Å². The number of aromatic nitrogens is 3. The third-order valence-corrected chi connectivity index (χ3v) is 6.46. The number of pyridine rings is 1. The first-order valence-corrected chi connectivity index (χ1v) is 12.0. The molecule has 0 spiro atoms. The quantitative estimate of drug-likeness (QED) is 0.530. The zero-order valence-corrected chi connectivity index (χ0v) is 19.8. The van der Waals surface area contributed by atoms with Crippen LogP contribution >= 0.6 is 11.6 Å². The minimum Gasteiger partial charge on any atom is -0.478 e. The number of rotatable bonds is 7. The fraction of sp³-hybridized carbons (Fsp3) is 0.417. The summed E-state index contributed by atoms with van der Waals surface area (Å²) in [5, 5.41) is 7.05. The van der Waals surface area contributed by atoms with E-state index in [0.717, 1.165) is 55.4 Å². The molecular formula is C24H27ClN6O3. The Morgan fingerprint density at radius 2 is 2.00 bits per heavy atom. The minimum atomic E-state index is -0.296. The predicted molar refractivity (Wildman–Crippen MR) is 132 cm³/mol. The molecule has 2 fully saturated rings. The fourth-order valence-electron chi connectivity index (χ4n) is 4.24.